The Labute approximate surface area is 114 Å². The van der Waals surface area contributed by atoms with Crippen LogP contribution in [0.5, 0.6) is 0 Å². The maximum atomic E-state index is 11.4. The summed E-state index contributed by atoms with van der Waals surface area (Å²) in [6.45, 7) is 0.374. The number of nitrogens with one attached hydrogen (secondary N) is 2. The minimum atomic E-state index is -0.384. The van der Waals surface area contributed by atoms with Crippen molar-refractivity contribution in [3.8, 4) is 0 Å². The minimum Gasteiger partial charge on any atom is -0.393 e. The number of urea groups is 1. The van der Waals surface area contributed by atoms with Crippen molar-refractivity contribution in [1.29, 1.82) is 0 Å². The third-order valence-electron chi connectivity index (χ3n) is 1.83. The third-order valence-corrected chi connectivity index (χ3v) is 2.60. The van der Waals surface area contributed by atoms with Crippen LogP contribution in [-0.2, 0) is 0 Å². The SMILES string of the molecule is NC(=S)CCNC(=O)Nc1cc(Cl)ccc1Cl. The van der Waals surface area contributed by atoms with Crippen molar-refractivity contribution in [2.75, 3.05) is 11.9 Å². The van der Waals surface area contributed by atoms with Crippen LogP contribution in [0.1, 0.15) is 6.42 Å². The molecular formula is C10H11Cl2N3OS. The third kappa shape index (κ3) is 5.21. The van der Waals surface area contributed by atoms with Crippen LogP contribution < -0.4 is 16.4 Å². The van der Waals surface area contributed by atoms with Gasteiger partial charge in [0, 0.05) is 18.0 Å². The van der Waals surface area contributed by atoms with E-state index in [0.717, 1.165) is 0 Å². The number of nitrogens with two attached hydrogens (primary N) is 1. The molecule has 7 heteroatoms. The van der Waals surface area contributed by atoms with Gasteiger partial charge in [0.15, 0.2) is 0 Å². The van der Waals surface area contributed by atoms with Gasteiger partial charge in [-0.15, -0.1) is 0 Å². The fourth-order valence-electron chi connectivity index (χ4n) is 1.06. The minimum absolute atomic E-state index is 0.353. The van der Waals surface area contributed by atoms with Crippen LogP contribution in [-0.4, -0.2) is 17.6 Å². The molecule has 2 amide bonds. The number of anilines is 1. The zero-order valence-electron chi connectivity index (χ0n) is 8.80. The van der Waals surface area contributed by atoms with E-state index in [0.29, 0.717) is 33.7 Å². The van der Waals surface area contributed by atoms with Gasteiger partial charge in [0.2, 0.25) is 0 Å². The normalized spacial score (nSPS) is 9.76. The molecule has 1 rings (SSSR count). The van der Waals surface area contributed by atoms with Crippen LogP contribution in [0.15, 0.2) is 18.2 Å². The maximum absolute atomic E-state index is 11.4. The Morgan fingerprint density at radius 3 is 2.76 bits per heavy atom. The average molecular weight is 292 g/mol. The highest BCUT2D eigenvalue weighted by atomic mass is 35.5. The lowest BCUT2D eigenvalue weighted by Crippen LogP contribution is -2.31. The molecule has 0 aromatic heterocycles. The average Bonchev–Trinajstić information content (AvgIpc) is 2.23. The maximum Gasteiger partial charge on any atom is 0.319 e. The highest BCUT2D eigenvalue weighted by Gasteiger charge is 2.05. The van der Waals surface area contributed by atoms with Crippen molar-refractivity contribution >= 4 is 52.1 Å². The molecule has 1 aromatic carbocycles. The number of halogens is 2. The molecule has 4 N–H and O–H groups in total. The first kappa shape index (κ1) is 14.0. The monoisotopic (exact) mass is 291 g/mol. The largest absolute Gasteiger partial charge is 0.393 e. The van der Waals surface area contributed by atoms with Gasteiger partial charge in [0.1, 0.15) is 0 Å². The molecule has 0 unspecified atom stereocenters. The summed E-state index contributed by atoms with van der Waals surface area (Å²) in [6.07, 6.45) is 0.450. The van der Waals surface area contributed by atoms with Gasteiger partial charge >= 0.3 is 6.03 Å². The first-order valence-electron chi connectivity index (χ1n) is 4.77. The van der Waals surface area contributed by atoms with Crippen molar-refractivity contribution in [2.45, 2.75) is 6.42 Å². The Balaban J connectivity index is 2.50. The molecule has 17 heavy (non-hydrogen) atoms. The van der Waals surface area contributed by atoms with E-state index < -0.39 is 0 Å². The molecule has 0 heterocycles. The molecular weight excluding hydrogens is 281 g/mol. The molecule has 0 atom stereocenters. The van der Waals surface area contributed by atoms with Crippen LogP contribution in [0.25, 0.3) is 0 Å². The molecule has 0 bridgehead atoms. The molecule has 0 aliphatic carbocycles. The number of amides is 2. The molecule has 0 fully saturated rings. The summed E-state index contributed by atoms with van der Waals surface area (Å²) >= 11 is 16.3. The number of carbonyl (C=O) groups excluding carboxylic acids is 1. The van der Waals surface area contributed by atoms with Gasteiger partial charge < -0.3 is 16.4 Å². The first-order chi connectivity index (χ1) is 7.99. The zero-order valence-corrected chi connectivity index (χ0v) is 11.1. The van der Waals surface area contributed by atoms with Gasteiger partial charge in [-0.2, -0.15) is 0 Å². The second kappa shape index (κ2) is 6.64. The van der Waals surface area contributed by atoms with Gasteiger partial charge in [-0.05, 0) is 18.2 Å². The molecule has 0 aliphatic heterocycles. The lowest BCUT2D eigenvalue weighted by Gasteiger charge is -2.08. The number of thiocarbonyl (C=S) groups is 1. The molecule has 0 saturated heterocycles. The Bertz CT molecular complexity index is 440. The van der Waals surface area contributed by atoms with Gasteiger partial charge in [-0.25, -0.2) is 4.79 Å². The number of rotatable bonds is 4. The highest BCUT2D eigenvalue weighted by Crippen LogP contribution is 2.25. The predicted octanol–water partition coefficient (Wildman–Crippen LogP) is 2.79. The molecule has 0 saturated carbocycles. The van der Waals surface area contributed by atoms with Crippen LogP contribution >= 0.6 is 35.4 Å². The molecule has 4 nitrogen and oxygen atoms in total. The Hall–Kier alpha value is -1.04. The van der Waals surface area contributed by atoms with E-state index in [2.05, 4.69) is 22.9 Å². The predicted molar refractivity (Wildman–Crippen MR) is 74.9 cm³/mol. The lowest BCUT2D eigenvalue weighted by molar-refractivity contribution is 0.252. The van der Waals surface area contributed by atoms with E-state index in [-0.39, 0.29) is 6.03 Å². The Morgan fingerprint density at radius 1 is 1.41 bits per heavy atom. The first-order valence-corrected chi connectivity index (χ1v) is 5.93. The number of benzene rings is 1. The fourth-order valence-corrected chi connectivity index (χ4v) is 1.50. The van der Waals surface area contributed by atoms with Crippen LogP contribution in [0.4, 0.5) is 10.5 Å². The van der Waals surface area contributed by atoms with Crippen LogP contribution in [0.2, 0.25) is 10.0 Å². The summed E-state index contributed by atoms with van der Waals surface area (Å²) in [5.74, 6) is 0. The standard InChI is InChI=1S/C10H11Cl2N3OS/c11-6-1-2-7(12)8(5-6)15-10(16)14-4-3-9(13)17/h1-2,5H,3-4H2,(H2,13,17)(H2,14,15,16). The summed E-state index contributed by atoms with van der Waals surface area (Å²) in [7, 11) is 0. The molecule has 92 valence electrons. The summed E-state index contributed by atoms with van der Waals surface area (Å²) in [5, 5.41) is 6.07. The number of carbonyl (C=O) groups is 1. The van der Waals surface area contributed by atoms with E-state index in [1.165, 1.54) is 0 Å². The number of hydrogen-bond acceptors (Lipinski definition) is 2. The van der Waals surface area contributed by atoms with Crippen molar-refractivity contribution in [2.24, 2.45) is 5.73 Å². The molecule has 0 aliphatic rings. The molecule has 0 spiro atoms. The van der Waals surface area contributed by atoms with E-state index in [1.54, 1.807) is 18.2 Å². The zero-order chi connectivity index (χ0) is 12.8. The van der Waals surface area contributed by atoms with Crippen molar-refractivity contribution in [3.63, 3.8) is 0 Å². The summed E-state index contributed by atoms with van der Waals surface area (Å²) < 4.78 is 0. The lowest BCUT2D eigenvalue weighted by atomic mass is 10.3. The van der Waals surface area contributed by atoms with Crippen LogP contribution in [0, 0.1) is 0 Å². The van der Waals surface area contributed by atoms with E-state index in [9.17, 15) is 4.79 Å². The van der Waals surface area contributed by atoms with Crippen molar-refractivity contribution in [1.82, 2.24) is 5.32 Å². The smallest absolute Gasteiger partial charge is 0.319 e. The van der Waals surface area contributed by atoms with Crippen molar-refractivity contribution < 1.29 is 4.79 Å². The topological polar surface area (TPSA) is 67.1 Å². The Kier molecular flexibility index (Phi) is 5.47. The molecule has 0 radical (unpaired) electrons. The van der Waals surface area contributed by atoms with E-state index >= 15 is 0 Å². The Morgan fingerprint density at radius 2 is 2.12 bits per heavy atom. The summed E-state index contributed by atoms with van der Waals surface area (Å²) in [5.41, 5.74) is 5.75. The van der Waals surface area contributed by atoms with Gasteiger partial charge in [-0.3, -0.25) is 0 Å². The second-order valence-corrected chi connectivity index (χ2v) is 4.59. The van der Waals surface area contributed by atoms with Gasteiger partial charge in [0.05, 0.1) is 15.7 Å². The number of hydrogen-bond donors (Lipinski definition) is 3. The van der Waals surface area contributed by atoms with Crippen molar-refractivity contribution in [3.05, 3.63) is 28.2 Å². The highest BCUT2D eigenvalue weighted by molar-refractivity contribution is 7.80. The second-order valence-electron chi connectivity index (χ2n) is 3.22. The van der Waals surface area contributed by atoms with Gasteiger partial charge in [0.25, 0.3) is 0 Å². The quantitative estimate of drug-likeness (QED) is 0.747. The summed E-state index contributed by atoms with van der Waals surface area (Å²) in [6, 6.07) is 4.43. The molecule has 1 aromatic rings. The fraction of sp³-hybridized carbons (Fsp3) is 0.200. The van der Waals surface area contributed by atoms with E-state index in [1.807, 2.05) is 0 Å². The van der Waals surface area contributed by atoms with Gasteiger partial charge in [-0.1, -0.05) is 35.4 Å². The summed E-state index contributed by atoms with van der Waals surface area (Å²) in [4.78, 5) is 11.8. The van der Waals surface area contributed by atoms with E-state index in [4.69, 9.17) is 28.9 Å². The van der Waals surface area contributed by atoms with Crippen LogP contribution in [0.3, 0.4) is 0 Å².